The first kappa shape index (κ1) is 12.2. The van der Waals surface area contributed by atoms with Gasteiger partial charge in [0.25, 0.3) is 0 Å². The smallest absolute Gasteiger partial charge is 0.140 e. The van der Waals surface area contributed by atoms with Gasteiger partial charge < -0.3 is 10.5 Å². The molecule has 0 spiro atoms. The monoisotopic (exact) mass is 202 g/mol. The Morgan fingerprint density at radius 3 is 2.85 bits per heavy atom. The number of nitrogens with zero attached hydrogens (tertiary/aromatic N) is 1. The number of nitrogens with two attached hydrogens (primary N) is 1. The Morgan fingerprint density at radius 1 is 1.62 bits per heavy atom. The molecule has 1 aromatic rings. The molecule has 2 N–H and O–H groups in total. The second-order valence-electron chi connectivity index (χ2n) is 2.83. The van der Waals surface area contributed by atoms with E-state index in [4.69, 9.17) is 10.5 Å². The minimum absolute atomic E-state index is 0. The highest BCUT2D eigenvalue weighted by molar-refractivity contribution is 5.85. The third-order valence-electron chi connectivity index (χ3n) is 1.58. The summed E-state index contributed by atoms with van der Waals surface area (Å²) in [5.41, 5.74) is 6.58. The maximum Gasteiger partial charge on any atom is 0.140 e. The molecule has 0 bridgehead atoms. The van der Waals surface area contributed by atoms with E-state index < -0.39 is 0 Å². The number of hydrogen-bond donors (Lipinski definition) is 1. The average Bonchev–Trinajstić information content (AvgIpc) is 2.04. The molecule has 1 atom stereocenters. The van der Waals surface area contributed by atoms with Crippen LogP contribution >= 0.6 is 12.4 Å². The van der Waals surface area contributed by atoms with Crippen LogP contribution in [0.25, 0.3) is 0 Å². The topological polar surface area (TPSA) is 48.1 Å². The average molecular weight is 203 g/mol. The Morgan fingerprint density at radius 2 is 2.31 bits per heavy atom. The lowest BCUT2D eigenvalue weighted by Crippen LogP contribution is -2.18. The largest absolute Gasteiger partial charge is 0.495 e. The molecule has 0 aromatic carbocycles. The van der Waals surface area contributed by atoms with Crippen molar-refractivity contribution in [1.29, 1.82) is 0 Å². The van der Waals surface area contributed by atoms with Crippen LogP contribution < -0.4 is 10.5 Å². The molecule has 1 heterocycles. The van der Waals surface area contributed by atoms with Crippen LogP contribution in [0.1, 0.15) is 12.6 Å². The first-order chi connectivity index (χ1) is 5.74. The second kappa shape index (κ2) is 5.78. The summed E-state index contributed by atoms with van der Waals surface area (Å²) < 4.78 is 5.13. The minimum Gasteiger partial charge on any atom is -0.495 e. The van der Waals surface area contributed by atoms with Crippen molar-refractivity contribution in [3.63, 3.8) is 0 Å². The van der Waals surface area contributed by atoms with Crippen molar-refractivity contribution < 1.29 is 4.74 Å². The van der Waals surface area contributed by atoms with E-state index in [2.05, 4.69) is 4.98 Å². The predicted octanol–water partition coefficient (Wildman–Crippen LogP) is 1.40. The molecular weight excluding hydrogens is 188 g/mol. The first-order valence-electron chi connectivity index (χ1n) is 3.97. The van der Waals surface area contributed by atoms with Crippen molar-refractivity contribution in [1.82, 2.24) is 4.98 Å². The zero-order chi connectivity index (χ0) is 8.97. The molecule has 0 amide bonds. The van der Waals surface area contributed by atoms with Crippen LogP contribution in [-0.2, 0) is 6.42 Å². The van der Waals surface area contributed by atoms with Gasteiger partial charge in [-0.3, -0.25) is 4.98 Å². The fourth-order valence-corrected chi connectivity index (χ4v) is 1.07. The van der Waals surface area contributed by atoms with Crippen LogP contribution in [0.2, 0.25) is 0 Å². The van der Waals surface area contributed by atoms with Crippen molar-refractivity contribution in [3.05, 3.63) is 24.0 Å². The molecule has 0 aliphatic carbocycles. The van der Waals surface area contributed by atoms with Gasteiger partial charge in [-0.15, -0.1) is 12.4 Å². The molecular formula is C9H15ClN2O. The van der Waals surface area contributed by atoms with Crippen molar-refractivity contribution >= 4 is 12.4 Å². The lowest BCUT2D eigenvalue weighted by molar-refractivity contribution is 0.405. The highest BCUT2D eigenvalue weighted by Crippen LogP contribution is 2.15. The van der Waals surface area contributed by atoms with Gasteiger partial charge in [-0.2, -0.15) is 0 Å². The van der Waals surface area contributed by atoms with Crippen LogP contribution in [0.15, 0.2) is 18.3 Å². The molecule has 0 fully saturated rings. The van der Waals surface area contributed by atoms with E-state index >= 15 is 0 Å². The summed E-state index contributed by atoms with van der Waals surface area (Å²) in [4.78, 5) is 4.18. The van der Waals surface area contributed by atoms with Crippen molar-refractivity contribution in [2.75, 3.05) is 7.11 Å². The van der Waals surface area contributed by atoms with Crippen LogP contribution in [0.5, 0.6) is 5.75 Å². The van der Waals surface area contributed by atoms with Gasteiger partial charge in [-0.25, -0.2) is 0 Å². The van der Waals surface area contributed by atoms with E-state index in [1.54, 1.807) is 13.3 Å². The molecule has 0 radical (unpaired) electrons. The van der Waals surface area contributed by atoms with Gasteiger partial charge in [0.05, 0.1) is 12.8 Å². The Balaban J connectivity index is 0.00000144. The molecule has 0 saturated carbocycles. The summed E-state index contributed by atoms with van der Waals surface area (Å²) in [6, 6.07) is 3.86. The zero-order valence-electron chi connectivity index (χ0n) is 7.86. The molecule has 0 saturated heterocycles. The fourth-order valence-electron chi connectivity index (χ4n) is 1.07. The summed E-state index contributed by atoms with van der Waals surface area (Å²) in [6.45, 7) is 1.95. The minimum atomic E-state index is 0. The molecule has 74 valence electrons. The summed E-state index contributed by atoms with van der Waals surface area (Å²) in [6.07, 6.45) is 2.50. The highest BCUT2D eigenvalue weighted by Gasteiger charge is 2.04. The third-order valence-corrected chi connectivity index (χ3v) is 1.58. The fraction of sp³-hybridized carbons (Fsp3) is 0.444. The summed E-state index contributed by atoms with van der Waals surface area (Å²) in [7, 11) is 1.64. The highest BCUT2D eigenvalue weighted by atomic mass is 35.5. The summed E-state index contributed by atoms with van der Waals surface area (Å²) in [5, 5.41) is 0. The van der Waals surface area contributed by atoms with E-state index in [0.29, 0.717) is 0 Å². The summed E-state index contributed by atoms with van der Waals surface area (Å²) >= 11 is 0. The molecule has 1 unspecified atom stereocenters. The van der Waals surface area contributed by atoms with Gasteiger partial charge in [0.1, 0.15) is 5.75 Å². The Kier molecular flexibility index (Phi) is 5.42. The van der Waals surface area contributed by atoms with Crippen molar-refractivity contribution in [3.8, 4) is 5.75 Å². The normalized spacial score (nSPS) is 11.6. The van der Waals surface area contributed by atoms with E-state index in [9.17, 15) is 0 Å². The summed E-state index contributed by atoms with van der Waals surface area (Å²) in [5.74, 6) is 0.815. The van der Waals surface area contributed by atoms with Crippen molar-refractivity contribution in [2.45, 2.75) is 19.4 Å². The van der Waals surface area contributed by atoms with Gasteiger partial charge in [0.15, 0.2) is 0 Å². The number of aromatic nitrogens is 1. The molecule has 3 nitrogen and oxygen atoms in total. The molecule has 1 aromatic heterocycles. The molecule has 0 aliphatic rings. The number of methoxy groups -OCH3 is 1. The van der Waals surface area contributed by atoms with Gasteiger partial charge in [-0.1, -0.05) is 0 Å². The Hall–Kier alpha value is -0.800. The molecule has 13 heavy (non-hydrogen) atoms. The first-order valence-corrected chi connectivity index (χ1v) is 3.97. The van der Waals surface area contributed by atoms with Crippen LogP contribution in [0, 0.1) is 0 Å². The number of pyridine rings is 1. The number of halogens is 1. The number of rotatable bonds is 3. The zero-order valence-corrected chi connectivity index (χ0v) is 8.67. The van der Waals surface area contributed by atoms with Gasteiger partial charge >= 0.3 is 0 Å². The maximum absolute atomic E-state index is 5.65. The van der Waals surface area contributed by atoms with E-state index in [-0.39, 0.29) is 18.4 Å². The third kappa shape index (κ3) is 3.61. The van der Waals surface area contributed by atoms with Crippen molar-refractivity contribution in [2.24, 2.45) is 5.73 Å². The second-order valence-corrected chi connectivity index (χ2v) is 2.83. The van der Waals surface area contributed by atoms with E-state index in [1.807, 2.05) is 19.1 Å². The Labute approximate surface area is 84.7 Å². The van der Waals surface area contributed by atoms with Gasteiger partial charge in [0, 0.05) is 18.7 Å². The number of hydrogen-bond acceptors (Lipinski definition) is 3. The lowest BCUT2D eigenvalue weighted by atomic mass is 10.1. The lowest BCUT2D eigenvalue weighted by Gasteiger charge is -2.08. The van der Waals surface area contributed by atoms with E-state index in [1.165, 1.54) is 0 Å². The van der Waals surface area contributed by atoms with E-state index in [0.717, 1.165) is 17.9 Å². The standard InChI is InChI=1S/C9H14N2O.ClH/c1-7(10)6-8-9(12-2)4-3-5-11-8;/h3-5,7H,6,10H2,1-2H3;1H. The van der Waals surface area contributed by atoms with Crippen LogP contribution in [0.3, 0.4) is 0 Å². The quantitative estimate of drug-likeness (QED) is 0.806. The van der Waals surface area contributed by atoms with Crippen LogP contribution in [0.4, 0.5) is 0 Å². The van der Waals surface area contributed by atoms with Gasteiger partial charge in [0.2, 0.25) is 0 Å². The predicted molar refractivity (Wildman–Crippen MR) is 55.4 cm³/mol. The molecule has 0 aliphatic heterocycles. The van der Waals surface area contributed by atoms with Gasteiger partial charge in [-0.05, 0) is 19.1 Å². The number of ether oxygens (including phenoxy) is 1. The Bertz CT molecular complexity index is 253. The SMILES string of the molecule is COc1cccnc1CC(C)N.Cl. The maximum atomic E-state index is 5.65. The van der Waals surface area contributed by atoms with Crippen LogP contribution in [-0.4, -0.2) is 18.1 Å². The molecule has 4 heteroatoms. The molecule has 1 rings (SSSR count).